The van der Waals surface area contributed by atoms with Gasteiger partial charge in [-0.1, -0.05) is 35.9 Å². The topological polar surface area (TPSA) is 178 Å². The number of nitrogens with zero attached hydrogens (tertiary/aromatic N) is 3. The minimum atomic E-state index is -0.412. The highest BCUT2D eigenvalue weighted by molar-refractivity contribution is 6.31. The van der Waals surface area contributed by atoms with Crippen LogP contribution in [0.4, 0.5) is 11.6 Å². The van der Waals surface area contributed by atoms with Gasteiger partial charge in [0.1, 0.15) is 24.7 Å². The summed E-state index contributed by atoms with van der Waals surface area (Å²) in [5.74, 6) is 0.977. The van der Waals surface area contributed by atoms with Gasteiger partial charge in [0, 0.05) is 53.1 Å². The largest absolute Gasteiger partial charge is 1.00 e. The van der Waals surface area contributed by atoms with Gasteiger partial charge in [-0.3, -0.25) is 14.4 Å². The van der Waals surface area contributed by atoms with Gasteiger partial charge in [0.2, 0.25) is 0 Å². The number of quaternary nitrogens is 1. The summed E-state index contributed by atoms with van der Waals surface area (Å²) in [6, 6.07) is 15.8. The number of rotatable bonds is 24. The molecule has 1 amide bonds. The molecule has 2 heterocycles. The molecule has 1 saturated heterocycles. The Labute approximate surface area is 335 Å². The molecule has 13 nitrogen and oxygen atoms in total. The Balaban J connectivity index is 0.00000812. The van der Waals surface area contributed by atoms with Crippen molar-refractivity contribution in [1.82, 2.24) is 15.3 Å². The van der Waals surface area contributed by atoms with Crippen molar-refractivity contribution in [2.75, 3.05) is 78.3 Å². The number of nitrogens with one attached hydrogen (secondary N) is 1. The number of nitrogen functional groups attached to an aromatic ring is 2. The Morgan fingerprint density at radius 3 is 1.78 bits per heavy atom. The Hall–Kier alpha value is -4.01. The third kappa shape index (κ3) is 15.6. The van der Waals surface area contributed by atoms with Gasteiger partial charge in [-0.15, -0.1) is 0 Å². The lowest BCUT2D eigenvalue weighted by Crippen LogP contribution is -3.00. The normalized spacial score (nSPS) is 14.8. The summed E-state index contributed by atoms with van der Waals surface area (Å²) in [5, 5.41) is 3.09. The van der Waals surface area contributed by atoms with Crippen molar-refractivity contribution in [3.63, 3.8) is 0 Å². The van der Waals surface area contributed by atoms with Crippen LogP contribution in [0.3, 0.4) is 0 Å². The van der Waals surface area contributed by atoms with Crippen LogP contribution in [0.5, 0.6) is 11.5 Å². The fourth-order valence-corrected chi connectivity index (χ4v) is 6.99. The number of anilines is 2. The van der Waals surface area contributed by atoms with Crippen molar-refractivity contribution < 1.29 is 50.2 Å². The highest BCUT2D eigenvalue weighted by Gasteiger charge is 2.35. The minimum absolute atomic E-state index is 0. The first-order chi connectivity index (χ1) is 26.1. The number of ether oxygens (including phenoxy) is 4. The fraction of sp³-hybridized carbons (Fsp3) is 0.525. The van der Waals surface area contributed by atoms with Crippen molar-refractivity contribution in [2.24, 2.45) is 0 Å². The molecule has 3 aromatic rings. The molecule has 2 aromatic carbocycles. The highest BCUT2D eigenvalue weighted by Crippen LogP contribution is 2.25. The van der Waals surface area contributed by atoms with Gasteiger partial charge in [-0.2, -0.15) is 0 Å². The smallest absolute Gasteiger partial charge is 0.274 e. The third-order valence-corrected chi connectivity index (χ3v) is 9.98. The van der Waals surface area contributed by atoms with E-state index in [9.17, 15) is 14.4 Å². The summed E-state index contributed by atoms with van der Waals surface area (Å²) in [5.41, 5.74) is 14.1. The molecule has 1 aliphatic heterocycles. The van der Waals surface area contributed by atoms with Crippen LogP contribution >= 0.6 is 11.6 Å². The van der Waals surface area contributed by atoms with Gasteiger partial charge in [0.15, 0.2) is 34.0 Å². The number of amides is 1. The Morgan fingerprint density at radius 1 is 0.782 bits per heavy atom. The highest BCUT2D eigenvalue weighted by atomic mass is 35.5. The van der Waals surface area contributed by atoms with Crippen molar-refractivity contribution in [1.29, 1.82) is 0 Å². The summed E-state index contributed by atoms with van der Waals surface area (Å²) in [6.45, 7) is 4.91. The number of aromatic nitrogens is 2. The Bertz CT molecular complexity index is 1570. The number of piperidine rings is 1. The summed E-state index contributed by atoms with van der Waals surface area (Å²) in [4.78, 5) is 45.5. The number of methoxy groups -OCH3 is 2. The predicted molar refractivity (Wildman–Crippen MR) is 209 cm³/mol. The van der Waals surface area contributed by atoms with E-state index >= 15 is 0 Å². The number of hydrogen-bond donors (Lipinski definition) is 3. The number of Topliss-reactive ketones (excluding diaryl/α,β-unsaturated/α-hetero) is 2. The first-order valence-corrected chi connectivity index (χ1v) is 19.2. The summed E-state index contributed by atoms with van der Waals surface area (Å²) < 4.78 is 22.3. The zero-order chi connectivity index (χ0) is 38.8. The Kier molecular flexibility index (Phi) is 19.6. The molecular weight excluding hydrogens is 747 g/mol. The first-order valence-electron chi connectivity index (χ1n) is 18.8. The zero-order valence-electron chi connectivity index (χ0n) is 32.0. The average Bonchev–Trinajstić information content (AvgIpc) is 3.16. The minimum Gasteiger partial charge on any atom is -1.00 e. The number of halogens is 2. The number of nitrogens with two attached hydrogens (primary N) is 2. The molecule has 1 aromatic heterocycles. The van der Waals surface area contributed by atoms with Crippen LogP contribution in [0, 0.1) is 0 Å². The first kappa shape index (κ1) is 45.4. The van der Waals surface area contributed by atoms with Gasteiger partial charge in [0.25, 0.3) is 5.91 Å². The number of carbonyl (C=O) groups excluding carboxylic acids is 3. The van der Waals surface area contributed by atoms with E-state index in [1.807, 2.05) is 24.3 Å². The molecule has 15 heteroatoms. The number of benzene rings is 2. The molecule has 0 radical (unpaired) electrons. The standard InChI is InChI=1S/C40H55ClN6O7.ClH/c1-51-24-6-11-32(48)27-53-34-17-13-29(14-18-34)8-3-21-47(22-4-9-30-15-19-35(20-16-30)54-28-33(49)12-7-25-52-2)23-5-10-31(26-47)44-40(50)36-38(42)46-39(43)37(41)45-36;/h13-20,31H,3-12,21-28H2,1-2H3,(H4-,42,43,44,46,50);1H/t31-;/m0./s1. The number of hydrogen-bond acceptors (Lipinski definition) is 11. The molecule has 55 heavy (non-hydrogen) atoms. The second-order valence-corrected chi connectivity index (χ2v) is 14.3. The van der Waals surface area contributed by atoms with Crippen molar-refractivity contribution in [2.45, 2.75) is 70.3 Å². The maximum absolute atomic E-state index is 13.3. The average molecular weight is 804 g/mol. The van der Waals surface area contributed by atoms with Crippen LogP contribution in [0.2, 0.25) is 5.15 Å². The fourth-order valence-electron chi connectivity index (χ4n) is 6.86. The lowest BCUT2D eigenvalue weighted by atomic mass is 9.99. The lowest BCUT2D eigenvalue weighted by molar-refractivity contribution is -0.933. The van der Waals surface area contributed by atoms with E-state index in [1.165, 1.54) is 11.1 Å². The molecule has 0 saturated carbocycles. The van der Waals surface area contributed by atoms with E-state index in [0.29, 0.717) is 50.4 Å². The van der Waals surface area contributed by atoms with E-state index < -0.39 is 5.91 Å². The van der Waals surface area contributed by atoms with Crippen molar-refractivity contribution >= 4 is 40.7 Å². The second-order valence-electron chi connectivity index (χ2n) is 14.0. The quantitative estimate of drug-likeness (QED) is 0.0892. The molecule has 0 unspecified atom stereocenters. The van der Waals surface area contributed by atoms with Crippen molar-refractivity contribution in [3.8, 4) is 11.5 Å². The SMILES string of the molecule is COCCCC(=O)COc1ccc(CCC[N+]2(CCCc3ccc(OCC(=O)CCCOC)cc3)CCC[C@H](NC(=O)c3nc(Cl)c(N)nc3N)C2)cc1.[Cl-]. The van der Waals surface area contributed by atoms with Crippen LogP contribution in [-0.2, 0) is 31.9 Å². The Morgan fingerprint density at radius 2 is 1.29 bits per heavy atom. The summed E-state index contributed by atoms with van der Waals surface area (Å²) >= 11 is 6.06. The molecule has 0 aliphatic carbocycles. The molecular formula is C40H56Cl2N6O7. The van der Waals surface area contributed by atoms with Gasteiger partial charge in [-0.05, 0) is 73.9 Å². The van der Waals surface area contributed by atoms with Crippen LogP contribution in [-0.4, -0.2) is 105 Å². The lowest BCUT2D eigenvalue weighted by Gasteiger charge is -2.45. The monoisotopic (exact) mass is 802 g/mol. The van der Waals surface area contributed by atoms with Crippen LogP contribution in [0.15, 0.2) is 48.5 Å². The third-order valence-electron chi connectivity index (χ3n) is 9.70. The van der Waals surface area contributed by atoms with E-state index in [0.717, 1.165) is 69.2 Å². The van der Waals surface area contributed by atoms with E-state index in [-0.39, 0.29) is 65.7 Å². The molecule has 1 fully saturated rings. The number of ketones is 2. The molecule has 1 atom stereocenters. The molecule has 4 rings (SSSR count). The maximum Gasteiger partial charge on any atom is 0.274 e. The molecule has 1 aliphatic rings. The summed E-state index contributed by atoms with van der Waals surface area (Å²) in [6.07, 6.45) is 7.75. The van der Waals surface area contributed by atoms with Gasteiger partial charge >= 0.3 is 0 Å². The number of aryl methyl sites for hydroxylation is 2. The van der Waals surface area contributed by atoms with Gasteiger partial charge in [-0.25, -0.2) is 9.97 Å². The summed E-state index contributed by atoms with van der Waals surface area (Å²) in [7, 11) is 3.25. The molecule has 0 spiro atoms. The molecule has 5 N–H and O–H groups in total. The van der Waals surface area contributed by atoms with E-state index in [1.54, 1.807) is 14.2 Å². The second kappa shape index (κ2) is 23.8. The number of carbonyl (C=O) groups is 3. The maximum atomic E-state index is 13.3. The number of likely N-dealkylation sites (tertiary alicyclic amines) is 1. The van der Waals surface area contributed by atoms with E-state index in [2.05, 4.69) is 39.6 Å². The molecule has 0 bridgehead atoms. The van der Waals surface area contributed by atoms with Gasteiger partial charge < -0.3 is 52.6 Å². The van der Waals surface area contributed by atoms with Crippen molar-refractivity contribution in [3.05, 3.63) is 70.5 Å². The van der Waals surface area contributed by atoms with E-state index in [4.69, 9.17) is 42.0 Å². The van der Waals surface area contributed by atoms with Crippen LogP contribution < -0.4 is 38.7 Å². The van der Waals surface area contributed by atoms with Crippen LogP contribution in [0.25, 0.3) is 0 Å². The predicted octanol–water partition coefficient (Wildman–Crippen LogP) is 2.02. The zero-order valence-corrected chi connectivity index (χ0v) is 33.5. The molecule has 302 valence electrons. The van der Waals surface area contributed by atoms with Crippen LogP contribution in [0.1, 0.15) is 73.0 Å². The van der Waals surface area contributed by atoms with Gasteiger partial charge in [0.05, 0.1) is 32.2 Å².